The normalized spacial score (nSPS) is 12.4. The molecule has 0 aliphatic carbocycles. The predicted molar refractivity (Wildman–Crippen MR) is 76.6 cm³/mol. The van der Waals surface area contributed by atoms with Gasteiger partial charge in [-0.1, -0.05) is 6.07 Å². The fourth-order valence-electron chi connectivity index (χ4n) is 1.64. The van der Waals surface area contributed by atoms with Crippen LogP contribution in [0.5, 0.6) is 11.6 Å². The van der Waals surface area contributed by atoms with Gasteiger partial charge in [0.1, 0.15) is 11.4 Å². The van der Waals surface area contributed by atoms with Crippen molar-refractivity contribution in [1.29, 1.82) is 0 Å². The van der Waals surface area contributed by atoms with Gasteiger partial charge in [0, 0.05) is 20.2 Å². The number of sulfonamides is 1. The minimum Gasteiger partial charge on any atom is -0.439 e. The van der Waals surface area contributed by atoms with Gasteiger partial charge in [-0.05, 0) is 30.3 Å². The number of ether oxygens (including phenoxy) is 1. The van der Waals surface area contributed by atoms with Crippen molar-refractivity contribution in [1.82, 2.24) is 9.29 Å². The lowest BCUT2D eigenvalue weighted by molar-refractivity contribution is -0.141. The molecule has 0 spiro atoms. The fourth-order valence-corrected chi connectivity index (χ4v) is 2.54. The van der Waals surface area contributed by atoms with Gasteiger partial charge >= 0.3 is 6.18 Å². The molecule has 0 radical (unpaired) electrons. The minimum atomic E-state index is -4.57. The van der Waals surface area contributed by atoms with E-state index in [1.54, 1.807) is 0 Å². The van der Waals surface area contributed by atoms with E-state index >= 15 is 0 Å². The van der Waals surface area contributed by atoms with E-state index in [2.05, 4.69) is 4.98 Å². The summed E-state index contributed by atoms with van der Waals surface area (Å²) in [5.74, 6) is -0.0578. The zero-order valence-corrected chi connectivity index (χ0v) is 13.0. The van der Waals surface area contributed by atoms with Crippen molar-refractivity contribution in [3.63, 3.8) is 0 Å². The summed E-state index contributed by atoms with van der Waals surface area (Å²) in [4.78, 5) is 3.41. The summed E-state index contributed by atoms with van der Waals surface area (Å²) in [6.07, 6.45) is -4.57. The summed E-state index contributed by atoms with van der Waals surface area (Å²) in [5, 5.41) is 0. The Morgan fingerprint density at radius 2 is 1.65 bits per heavy atom. The molecule has 2 aromatic rings. The van der Waals surface area contributed by atoms with E-state index in [0.717, 1.165) is 10.4 Å². The number of aromatic nitrogens is 1. The molecule has 1 aromatic heterocycles. The molecule has 0 fully saturated rings. The summed E-state index contributed by atoms with van der Waals surface area (Å²) in [5.41, 5.74) is -1.07. The van der Waals surface area contributed by atoms with Crippen molar-refractivity contribution in [2.45, 2.75) is 11.1 Å². The predicted octanol–water partition coefficient (Wildman–Crippen LogP) is 3.14. The second-order valence-electron chi connectivity index (χ2n) is 4.72. The highest BCUT2D eigenvalue weighted by Gasteiger charge is 2.32. The van der Waals surface area contributed by atoms with Crippen LogP contribution in [0.4, 0.5) is 13.2 Å². The summed E-state index contributed by atoms with van der Waals surface area (Å²) in [7, 11) is -0.789. The van der Waals surface area contributed by atoms with Gasteiger partial charge in [0.15, 0.2) is 0 Å². The van der Waals surface area contributed by atoms with Crippen LogP contribution in [0.2, 0.25) is 0 Å². The van der Waals surface area contributed by atoms with Crippen LogP contribution in [0.25, 0.3) is 0 Å². The maximum Gasteiger partial charge on any atom is 0.433 e. The third kappa shape index (κ3) is 3.99. The first-order valence-electron chi connectivity index (χ1n) is 6.35. The standard InChI is InChI=1S/C14H13F3N2O3S/c1-19(2)23(20,21)11-8-6-10(7-9-11)22-13-5-3-4-12(18-13)14(15,16)17/h3-9H,1-2H3. The quantitative estimate of drug-likeness (QED) is 0.853. The summed E-state index contributed by atoms with van der Waals surface area (Å²) in [6.45, 7) is 0. The highest BCUT2D eigenvalue weighted by atomic mass is 32.2. The highest BCUT2D eigenvalue weighted by Crippen LogP contribution is 2.30. The number of benzene rings is 1. The van der Waals surface area contributed by atoms with Gasteiger partial charge in [-0.2, -0.15) is 13.2 Å². The Kier molecular flexibility index (Phi) is 4.62. The first-order valence-corrected chi connectivity index (χ1v) is 7.79. The van der Waals surface area contributed by atoms with Crippen molar-refractivity contribution in [3.8, 4) is 11.6 Å². The van der Waals surface area contributed by atoms with Gasteiger partial charge in [-0.3, -0.25) is 0 Å². The molecular formula is C14H13F3N2O3S. The number of pyridine rings is 1. The van der Waals surface area contributed by atoms with Crippen molar-refractivity contribution >= 4 is 10.0 Å². The van der Waals surface area contributed by atoms with E-state index in [4.69, 9.17) is 4.74 Å². The second kappa shape index (κ2) is 6.17. The van der Waals surface area contributed by atoms with Crippen molar-refractivity contribution < 1.29 is 26.3 Å². The molecule has 5 nitrogen and oxygen atoms in total. The Labute approximate surface area is 131 Å². The lowest BCUT2D eigenvalue weighted by atomic mass is 10.3. The molecule has 23 heavy (non-hydrogen) atoms. The zero-order valence-electron chi connectivity index (χ0n) is 12.2. The average Bonchev–Trinajstić information content (AvgIpc) is 2.47. The van der Waals surface area contributed by atoms with Crippen LogP contribution in [0, 0.1) is 0 Å². The molecule has 1 heterocycles. The lowest BCUT2D eigenvalue weighted by Gasteiger charge is -2.12. The van der Waals surface area contributed by atoms with Crippen LogP contribution in [-0.2, 0) is 16.2 Å². The van der Waals surface area contributed by atoms with Gasteiger partial charge < -0.3 is 4.74 Å². The topological polar surface area (TPSA) is 59.5 Å². The van der Waals surface area contributed by atoms with Crippen LogP contribution in [0.3, 0.4) is 0 Å². The van der Waals surface area contributed by atoms with Crippen molar-refractivity contribution in [2.24, 2.45) is 0 Å². The van der Waals surface area contributed by atoms with E-state index in [0.29, 0.717) is 0 Å². The maximum atomic E-state index is 12.6. The SMILES string of the molecule is CN(C)S(=O)(=O)c1ccc(Oc2cccc(C(F)(F)F)n2)cc1. The van der Waals surface area contributed by atoms with Crippen LogP contribution < -0.4 is 4.74 Å². The number of nitrogens with zero attached hydrogens (tertiary/aromatic N) is 2. The number of alkyl halides is 3. The third-order valence-electron chi connectivity index (χ3n) is 2.84. The largest absolute Gasteiger partial charge is 0.439 e. The zero-order chi connectivity index (χ0) is 17.3. The van der Waals surface area contributed by atoms with Gasteiger partial charge in [-0.25, -0.2) is 17.7 Å². The molecule has 0 saturated heterocycles. The van der Waals surface area contributed by atoms with Crippen LogP contribution in [-0.4, -0.2) is 31.8 Å². The molecule has 0 saturated carbocycles. The molecule has 1 aromatic carbocycles. The average molecular weight is 346 g/mol. The van der Waals surface area contributed by atoms with E-state index in [1.807, 2.05) is 0 Å². The molecule has 2 rings (SSSR count). The molecule has 0 amide bonds. The summed E-state index contributed by atoms with van der Waals surface area (Å²) >= 11 is 0. The van der Waals surface area contributed by atoms with E-state index in [9.17, 15) is 21.6 Å². The molecule has 0 bridgehead atoms. The molecule has 0 aliphatic heterocycles. The first-order chi connectivity index (χ1) is 10.6. The van der Waals surface area contributed by atoms with Crippen LogP contribution in [0.1, 0.15) is 5.69 Å². The van der Waals surface area contributed by atoms with Gasteiger partial charge in [0.25, 0.3) is 0 Å². The molecule has 0 unspecified atom stereocenters. The summed E-state index contributed by atoms with van der Waals surface area (Å²) < 4.78 is 67.8. The maximum absolute atomic E-state index is 12.6. The smallest absolute Gasteiger partial charge is 0.433 e. The van der Waals surface area contributed by atoms with Crippen molar-refractivity contribution in [3.05, 3.63) is 48.2 Å². The Morgan fingerprint density at radius 1 is 1.04 bits per heavy atom. The van der Waals surface area contributed by atoms with E-state index in [1.165, 1.54) is 50.5 Å². The van der Waals surface area contributed by atoms with Gasteiger partial charge in [-0.15, -0.1) is 0 Å². The third-order valence-corrected chi connectivity index (χ3v) is 4.67. The molecular weight excluding hydrogens is 333 g/mol. The lowest BCUT2D eigenvalue weighted by Crippen LogP contribution is -2.22. The van der Waals surface area contributed by atoms with Crippen molar-refractivity contribution in [2.75, 3.05) is 14.1 Å². The van der Waals surface area contributed by atoms with E-state index in [-0.39, 0.29) is 16.5 Å². The molecule has 124 valence electrons. The Balaban J connectivity index is 2.22. The first kappa shape index (κ1) is 17.2. The second-order valence-corrected chi connectivity index (χ2v) is 6.87. The number of rotatable bonds is 4. The molecule has 9 heteroatoms. The number of halogens is 3. The molecule has 0 atom stereocenters. The Hall–Kier alpha value is -2.13. The Bertz CT molecular complexity index is 788. The monoisotopic (exact) mass is 346 g/mol. The Morgan fingerprint density at radius 3 is 2.17 bits per heavy atom. The van der Waals surface area contributed by atoms with Crippen LogP contribution in [0.15, 0.2) is 47.4 Å². The molecule has 0 aliphatic rings. The van der Waals surface area contributed by atoms with Crippen LogP contribution >= 0.6 is 0 Å². The van der Waals surface area contributed by atoms with Gasteiger partial charge in [0.2, 0.25) is 15.9 Å². The molecule has 0 N–H and O–H groups in total. The minimum absolute atomic E-state index is 0.0480. The fraction of sp³-hybridized carbons (Fsp3) is 0.214. The summed E-state index contributed by atoms with van der Waals surface area (Å²) in [6, 6.07) is 8.59. The number of hydrogen-bond acceptors (Lipinski definition) is 4. The number of hydrogen-bond donors (Lipinski definition) is 0. The van der Waals surface area contributed by atoms with Gasteiger partial charge in [0.05, 0.1) is 4.90 Å². The van der Waals surface area contributed by atoms with E-state index < -0.39 is 21.9 Å². The highest BCUT2D eigenvalue weighted by molar-refractivity contribution is 7.89.